The highest BCUT2D eigenvalue weighted by Crippen LogP contribution is 2.36. The summed E-state index contributed by atoms with van der Waals surface area (Å²) in [5.74, 6) is -0.162. The number of carbonyl (C=O) groups is 1. The van der Waals surface area contributed by atoms with Crippen molar-refractivity contribution in [1.29, 1.82) is 0 Å². The Morgan fingerprint density at radius 1 is 1.53 bits per heavy atom. The lowest BCUT2D eigenvalue weighted by molar-refractivity contribution is -0.151. The van der Waals surface area contributed by atoms with Gasteiger partial charge >= 0.3 is 5.97 Å². The largest absolute Gasteiger partial charge is 0.466 e. The maximum Gasteiger partial charge on any atom is 0.309 e. The van der Waals surface area contributed by atoms with Crippen LogP contribution < -0.4 is 0 Å². The van der Waals surface area contributed by atoms with E-state index in [-0.39, 0.29) is 17.3 Å². The van der Waals surface area contributed by atoms with E-state index in [2.05, 4.69) is 6.92 Å². The first-order valence-electron chi connectivity index (χ1n) is 5.84. The zero-order chi connectivity index (χ0) is 11.9. The van der Waals surface area contributed by atoms with Crippen LogP contribution in [0.15, 0.2) is 0 Å². The van der Waals surface area contributed by atoms with Crippen LogP contribution in [-0.2, 0) is 14.3 Å². The summed E-state index contributed by atoms with van der Waals surface area (Å²) < 4.78 is 10.3. The van der Waals surface area contributed by atoms with E-state index in [0.717, 1.165) is 13.0 Å². The van der Waals surface area contributed by atoms with Gasteiger partial charge in [-0.05, 0) is 13.3 Å². The molecule has 1 heterocycles. The lowest BCUT2D eigenvalue weighted by Crippen LogP contribution is -2.33. The van der Waals surface area contributed by atoms with Gasteiger partial charge in [0.05, 0.1) is 19.1 Å². The van der Waals surface area contributed by atoms with Crippen LogP contribution in [0.25, 0.3) is 0 Å². The van der Waals surface area contributed by atoms with Gasteiger partial charge in [-0.3, -0.25) is 4.79 Å². The van der Waals surface area contributed by atoms with E-state index in [1.807, 2.05) is 27.7 Å². The van der Waals surface area contributed by atoms with Crippen molar-refractivity contribution in [2.75, 3.05) is 19.8 Å². The smallest absolute Gasteiger partial charge is 0.309 e. The van der Waals surface area contributed by atoms with E-state index in [0.29, 0.717) is 13.2 Å². The Bertz CT molecular complexity index is 183. The second-order valence-electron chi connectivity index (χ2n) is 3.93. The lowest BCUT2D eigenvalue weighted by atomic mass is 9.77. The number of ether oxygens (including phenoxy) is 2. The summed E-state index contributed by atoms with van der Waals surface area (Å²) in [7, 11) is 0. The summed E-state index contributed by atoms with van der Waals surface area (Å²) in [6, 6.07) is 0. The van der Waals surface area contributed by atoms with Crippen LogP contribution in [-0.4, -0.2) is 25.8 Å². The van der Waals surface area contributed by atoms with Gasteiger partial charge in [0, 0.05) is 12.0 Å². The summed E-state index contributed by atoms with van der Waals surface area (Å²) in [6.45, 7) is 11.7. The van der Waals surface area contributed by atoms with Gasteiger partial charge in [-0.15, -0.1) is 0 Å². The molecule has 2 unspecified atom stereocenters. The second kappa shape index (κ2) is 6.83. The van der Waals surface area contributed by atoms with Crippen LogP contribution >= 0.6 is 0 Å². The summed E-state index contributed by atoms with van der Waals surface area (Å²) >= 11 is 0. The molecule has 3 heteroatoms. The molecule has 0 aromatic carbocycles. The van der Waals surface area contributed by atoms with Crippen molar-refractivity contribution in [3.8, 4) is 0 Å². The fourth-order valence-corrected chi connectivity index (χ4v) is 1.58. The predicted octanol–water partition coefficient (Wildman–Crippen LogP) is 2.64. The number of hydrogen-bond acceptors (Lipinski definition) is 3. The summed E-state index contributed by atoms with van der Waals surface area (Å²) in [6.07, 6.45) is 0.951. The van der Waals surface area contributed by atoms with Gasteiger partial charge in [0.15, 0.2) is 0 Å². The van der Waals surface area contributed by atoms with Crippen LogP contribution in [0.2, 0.25) is 0 Å². The van der Waals surface area contributed by atoms with Crippen molar-refractivity contribution >= 4 is 5.97 Å². The zero-order valence-electron chi connectivity index (χ0n) is 10.6. The molecule has 1 aliphatic heterocycles. The number of esters is 1. The molecular formula is C12H24O3. The molecule has 0 aromatic rings. The van der Waals surface area contributed by atoms with Crippen LogP contribution in [0, 0.1) is 11.3 Å². The fraction of sp³-hybridized carbons (Fsp3) is 0.917. The highest BCUT2D eigenvalue weighted by molar-refractivity contribution is 5.73. The molecule has 0 spiro atoms. The van der Waals surface area contributed by atoms with Gasteiger partial charge in [-0.1, -0.05) is 27.7 Å². The molecule has 0 bridgehead atoms. The quantitative estimate of drug-likeness (QED) is 0.680. The van der Waals surface area contributed by atoms with Gasteiger partial charge in [0.1, 0.15) is 0 Å². The van der Waals surface area contributed by atoms with Crippen LogP contribution in [0.4, 0.5) is 0 Å². The fourth-order valence-electron chi connectivity index (χ4n) is 1.58. The number of hydrogen-bond donors (Lipinski definition) is 0. The molecule has 3 nitrogen and oxygen atoms in total. The van der Waals surface area contributed by atoms with Crippen molar-refractivity contribution < 1.29 is 14.3 Å². The van der Waals surface area contributed by atoms with Gasteiger partial charge in [0.25, 0.3) is 0 Å². The number of rotatable bonds is 3. The molecule has 0 N–H and O–H groups in total. The minimum absolute atomic E-state index is 0.0216. The molecule has 90 valence electrons. The Labute approximate surface area is 93.1 Å². The monoisotopic (exact) mass is 216 g/mol. The Hall–Kier alpha value is -0.570. The van der Waals surface area contributed by atoms with Gasteiger partial charge in [-0.2, -0.15) is 0 Å². The maximum atomic E-state index is 11.5. The molecule has 1 rings (SSSR count). The Balaban J connectivity index is 0.000000921. The van der Waals surface area contributed by atoms with Gasteiger partial charge < -0.3 is 9.47 Å². The minimum atomic E-state index is -0.101. The molecule has 0 aromatic heterocycles. The molecule has 15 heavy (non-hydrogen) atoms. The molecule has 1 aliphatic rings. The van der Waals surface area contributed by atoms with Crippen molar-refractivity contribution in [1.82, 2.24) is 0 Å². The third-order valence-electron chi connectivity index (χ3n) is 2.93. The predicted molar refractivity (Wildman–Crippen MR) is 60.7 cm³/mol. The molecule has 2 atom stereocenters. The Kier molecular flexibility index (Phi) is 6.57. The van der Waals surface area contributed by atoms with Gasteiger partial charge in [0.2, 0.25) is 0 Å². The second-order valence-corrected chi connectivity index (χ2v) is 3.93. The standard InChI is InChI=1S/C10H18O3.C2H6/c1-4-13-9(11)8(2)10(3)5-6-12-7-10;1-2/h8H,4-7H2,1-3H3;1-2H3. The Morgan fingerprint density at radius 3 is 2.53 bits per heavy atom. The van der Waals surface area contributed by atoms with E-state index in [9.17, 15) is 4.79 Å². The summed E-state index contributed by atoms with van der Waals surface area (Å²) in [5.41, 5.74) is -0.0216. The third-order valence-corrected chi connectivity index (χ3v) is 2.93. The van der Waals surface area contributed by atoms with Crippen molar-refractivity contribution in [3.05, 3.63) is 0 Å². The lowest BCUT2D eigenvalue weighted by Gasteiger charge is -2.27. The van der Waals surface area contributed by atoms with Crippen LogP contribution in [0.5, 0.6) is 0 Å². The first-order chi connectivity index (χ1) is 7.10. The summed E-state index contributed by atoms with van der Waals surface area (Å²) in [5, 5.41) is 0. The molecule has 1 saturated heterocycles. The van der Waals surface area contributed by atoms with Crippen molar-refractivity contribution in [3.63, 3.8) is 0 Å². The topological polar surface area (TPSA) is 35.5 Å². The maximum absolute atomic E-state index is 11.5. The average molecular weight is 216 g/mol. The van der Waals surface area contributed by atoms with E-state index in [4.69, 9.17) is 9.47 Å². The molecule has 1 fully saturated rings. The first kappa shape index (κ1) is 14.4. The molecular weight excluding hydrogens is 192 g/mol. The highest BCUT2D eigenvalue weighted by atomic mass is 16.5. The zero-order valence-corrected chi connectivity index (χ0v) is 10.6. The molecule has 0 radical (unpaired) electrons. The highest BCUT2D eigenvalue weighted by Gasteiger charge is 2.39. The molecule has 0 aliphatic carbocycles. The van der Waals surface area contributed by atoms with Crippen molar-refractivity contribution in [2.24, 2.45) is 11.3 Å². The van der Waals surface area contributed by atoms with E-state index in [1.165, 1.54) is 0 Å². The third kappa shape index (κ3) is 3.82. The van der Waals surface area contributed by atoms with Crippen LogP contribution in [0.1, 0.15) is 41.0 Å². The Morgan fingerprint density at radius 2 is 2.13 bits per heavy atom. The van der Waals surface area contributed by atoms with Gasteiger partial charge in [-0.25, -0.2) is 0 Å². The van der Waals surface area contributed by atoms with Crippen molar-refractivity contribution in [2.45, 2.75) is 41.0 Å². The van der Waals surface area contributed by atoms with E-state index in [1.54, 1.807) is 0 Å². The SMILES string of the molecule is CC.CCOC(=O)C(C)C1(C)CCOC1. The van der Waals surface area contributed by atoms with Crippen LogP contribution in [0.3, 0.4) is 0 Å². The first-order valence-corrected chi connectivity index (χ1v) is 5.84. The average Bonchev–Trinajstić information content (AvgIpc) is 2.69. The molecule has 0 saturated carbocycles. The van der Waals surface area contributed by atoms with E-state index >= 15 is 0 Å². The van der Waals surface area contributed by atoms with E-state index < -0.39 is 0 Å². The normalized spacial score (nSPS) is 26.5. The minimum Gasteiger partial charge on any atom is -0.466 e. The molecule has 0 amide bonds. The summed E-state index contributed by atoms with van der Waals surface area (Å²) in [4.78, 5) is 11.5. The number of carbonyl (C=O) groups excluding carboxylic acids is 1.